The second kappa shape index (κ2) is 5.32. The van der Waals surface area contributed by atoms with Gasteiger partial charge in [-0.15, -0.1) is 0 Å². The van der Waals surface area contributed by atoms with Crippen LogP contribution in [-0.4, -0.2) is 30.4 Å². The van der Waals surface area contributed by atoms with Crippen LogP contribution in [-0.2, 0) is 6.42 Å². The highest BCUT2D eigenvalue weighted by atomic mass is 16.1. The van der Waals surface area contributed by atoms with E-state index in [4.69, 9.17) is 5.73 Å². The highest BCUT2D eigenvalue weighted by Gasteiger charge is 2.20. The molecule has 0 bridgehead atoms. The third kappa shape index (κ3) is 2.86. The number of amides is 1. The number of likely N-dealkylation sites (tertiary alicyclic amines) is 1. The van der Waals surface area contributed by atoms with E-state index in [1.54, 1.807) is 0 Å². The van der Waals surface area contributed by atoms with Crippen LogP contribution in [0.4, 0.5) is 0 Å². The average molecular weight is 232 g/mol. The van der Waals surface area contributed by atoms with E-state index in [-0.39, 0.29) is 5.91 Å². The van der Waals surface area contributed by atoms with E-state index in [0.717, 1.165) is 18.5 Å². The Morgan fingerprint density at radius 1 is 1.41 bits per heavy atom. The van der Waals surface area contributed by atoms with E-state index in [9.17, 15) is 4.79 Å². The van der Waals surface area contributed by atoms with Gasteiger partial charge in [0.05, 0.1) is 0 Å². The van der Waals surface area contributed by atoms with E-state index in [0.29, 0.717) is 11.6 Å². The number of primary amides is 1. The lowest BCUT2D eigenvalue weighted by molar-refractivity contribution is 0.0998. The number of hydrogen-bond donors (Lipinski definition) is 1. The summed E-state index contributed by atoms with van der Waals surface area (Å²) in [6, 6.07) is 8.23. The molecule has 3 heteroatoms. The minimum Gasteiger partial charge on any atom is -0.366 e. The minimum atomic E-state index is -0.320. The summed E-state index contributed by atoms with van der Waals surface area (Å²) in [5.74, 6) is -0.320. The van der Waals surface area contributed by atoms with E-state index < -0.39 is 0 Å². The van der Waals surface area contributed by atoms with Gasteiger partial charge in [0, 0.05) is 11.6 Å². The quantitative estimate of drug-likeness (QED) is 0.864. The lowest BCUT2D eigenvalue weighted by Gasteiger charge is -2.32. The van der Waals surface area contributed by atoms with Gasteiger partial charge in [-0.25, -0.2) is 0 Å². The fourth-order valence-electron chi connectivity index (χ4n) is 2.59. The molecule has 92 valence electrons. The van der Waals surface area contributed by atoms with Gasteiger partial charge in [0.1, 0.15) is 0 Å². The molecule has 1 aliphatic rings. The predicted molar refractivity (Wildman–Crippen MR) is 68.9 cm³/mol. The third-order valence-electron chi connectivity index (χ3n) is 3.66. The van der Waals surface area contributed by atoms with Gasteiger partial charge in [-0.3, -0.25) is 4.79 Å². The second-order valence-corrected chi connectivity index (χ2v) is 4.86. The average Bonchev–Trinajstić information content (AvgIpc) is 2.32. The van der Waals surface area contributed by atoms with Crippen molar-refractivity contribution in [3.63, 3.8) is 0 Å². The van der Waals surface area contributed by atoms with Gasteiger partial charge in [-0.05, 0) is 44.5 Å². The van der Waals surface area contributed by atoms with E-state index >= 15 is 0 Å². The molecule has 1 aliphatic heterocycles. The highest BCUT2D eigenvalue weighted by molar-refractivity contribution is 5.94. The molecule has 1 unspecified atom stereocenters. The Morgan fingerprint density at radius 3 is 2.88 bits per heavy atom. The zero-order chi connectivity index (χ0) is 12.3. The molecular weight excluding hydrogens is 212 g/mol. The van der Waals surface area contributed by atoms with Crippen LogP contribution in [0.1, 0.15) is 35.2 Å². The standard InChI is InChI=1S/C14H20N2O/c1-16-9-5-4-7-12(16)10-11-6-2-3-8-13(11)14(15)17/h2-3,6,8,12H,4-5,7,9-10H2,1H3,(H2,15,17). The van der Waals surface area contributed by atoms with Crippen molar-refractivity contribution in [2.24, 2.45) is 5.73 Å². The molecule has 1 aromatic rings. The molecular formula is C14H20N2O. The molecule has 2 N–H and O–H groups in total. The molecule has 17 heavy (non-hydrogen) atoms. The van der Waals surface area contributed by atoms with Crippen molar-refractivity contribution < 1.29 is 4.79 Å². The Balaban J connectivity index is 2.14. The zero-order valence-corrected chi connectivity index (χ0v) is 10.4. The Kier molecular flexibility index (Phi) is 3.79. The van der Waals surface area contributed by atoms with Gasteiger partial charge in [0.25, 0.3) is 0 Å². The van der Waals surface area contributed by atoms with Crippen molar-refractivity contribution >= 4 is 5.91 Å². The number of likely N-dealkylation sites (N-methyl/N-ethyl adjacent to an activating group) is 1. The van der Waals surface area contributed by atoms with E-state index in [1.807, 2.05) is 24.3 Å². The molecule has 0 radical (unpaired) electrons. The van der Waals surface area contributed by atoms with Crippen LogP contribution < -0.4 is 5.73 Å². The summed E-state index contributed by atoms with van der Waals surface area (Å²) in [5, 5.41) is 0. The molecule has 1 fully saturated rings. The lowest BCUT2D eigenvalue weighted by Crippen LogP contribution is -2.38. The maximum absolute atomic E-state index is 11.4. The molecule has 3 nitrogen and oxygen atoms in total. The maximum atomic E-state index is 11.4. The number of carbonyl (C=O) groups is 1. The predicted octanol–water partition coefficient (Wildman–Crippen LogP) is 1.81. The minimum absolute atomic E-state index is 0.320. The number of piperidine rings is 1. The van der Waals surface area contributed by atoms with Crippen molar-refractivity contribution in [3.8, 4) is 0 Å². The maximum Gasteiger partial charge on any atom is 0.248 e. The summed E-state index contributed by atoms with van der Waals surface area (Å²) < 4.78 is 0. The third-order valence-corrected chi connectivity index (χ3v) is 3.66. The first-order valence-electron chi connectivity index (χ1n) is 6.26. The first-order chi connectivity index (χ1) is 8.18. The van der Waals surface area contributed by atoms with E-state index in [1.165, 1.54) is 19.3 Å². The number of benzene rings is 1. The highest BCUT2D eigenvalue weighted by Crippen LogP contribution is 2.20. The normalized spacial score (nSPS) is 21.4. The van der Waals surface area contributed by atoms with Crippen LogP contribution in [0.3, 0.4) is 0 Å². The van der Waals surface area contributed by atoms with Crippen molar-refractivity contribution in [1.29, 1.82) is 0 Å². The number of nitrogens with two attached hydrogens (primary N) is 1. The smallest absolute Gasteiger partial charge is 0.248 e. The number of hydrogen-bond acceptors (Lipinski definition) is 2. The summed E-state index contributed by atoms with van der Waals surface area (Å²) in [6.07, 6.45) is 4.71. The lowest BCUT2D eigenvalue weighted by atomic mass is 9.93. The molecule has 1 atom stereocenters. The molecule has 1 heterocycles. The van der Waals surface area contributed by atoms with Crippen LogP contribution in [0.15, 0.2) is 24.3 Å². The number of rotatable bonds is 3. The van der Waals surface area contributed by atoms with Crippen LogP contribution in [0.25, 0.3) is 0 Å². The first-order valence-corrected chi connectivity index (χ1v) is 6.26. The molecule has 1 saturated heterocycles. The van der Waals surface area contributed by atoms with E-state index in [2.05, 4.69) is 11.9 Å². The fraction of sp³-hybridized carbons (Fsp3) is 0.500. The number of carbonyl (C=O) groups excluding carboxylic acids is 1. The summed E-state index contributed by atoms with van der Waals surface area (Å²) in [5.41, 5.74) is 7.16. The Morgan fingerprint density at radius 2 is 2.18 bits per heavy atom. The summed E-state index contributed by atoms with van der Waals surface area (Å²) >= 11 is 0. The van der Waals surface area contributed by atoms with Crippen LogP contribution >= 0.6 is 0 Å². The summed E-state index contributed by atoms with van der Waals surface area (Å²) in [4.78, 5) is 13.7. The molecule has 0 spiro atoms. The van der Waals surface area contributed by atoms with Crippen LogP contribution in [0.5, 0.6) is 0 Å². The van der Waals surface area contributed by atoms with Crippen molar-refractivity contribution in [2.75, 3.05) is 13.6 Å². The van der Waals surface area contributed by atoms with Gasteiger partial charge in [-0.1, -0.05) is 24.6 Å². The topological polar surface area (TPSA) is 46.3 Å². The van der Waals surface area contributed by atoms with Crippen LogP contribution in [0, 0.1) is 0 Å². The first kappa shape index (κ1) is 12.1. The zero-order valence-electron chi connectivity index (χ0n) is 10.4. The van der Waals surface area contributed by atoms with Crippen molar-refractivity contribution in [3.05, 3.63) is 35.4 Å². The SMILES string of the molecule is CN1CCCCC1Cc1ccccc1C(N)=O. The number of nitrogens with zero attached hydrogens (tertiary/aromatic N) is 1. The fourth-order valence-corrected chi connectivity index (χ4v) is 2.59. The largest absolute Gasteiger partial charge is 0.366 e. The Labute approximate surface area is 103 Å². The van der Waals surface area contributed by atoms with Gasteiger partial charge in [0.2, 0.25) is 5.91 Å². The van der Waals surface area contributed by atoms with Gasteiger partial charge < -0.3 is 10.6 Å². The molecule has 0 saturated carbocycles. The molecule has 2 rings (SSSR count). The Bertz CT molecular complexity index is 403. The summed E-state index contributed by atoms with van der Waals surface area (Å²) in [6.45, 7) is 1.16. The van der Waals surface area contributed by atoms with Gasteiger partial charge in [0.15, 0.2) is 0 Å². The molecule has 1 amide bonds. The van der Waals surface area contributed by atoms with Gasteiger partial charge in [-0.2, -0.15) is 0 Å². The Hall–Kier alpha value is -1.35. The monoisotopic (exact) mass is 232 g/mol. The summed E-state index contributed by atoms with van der Waals surface area (Å²) in [7, 11) is 2.16. The second-order valence-electron chi connectivity index (χ2n) is 4.86. The molecule has 0 aromatic heterocycles. The molecule has 0 aliphatic carbocycles. The van der Waals surface area contributed by atoms with Gasteiger partial charge >= 0.3 is 0 Å². The molecule has 1 aromatic carbocycles. The van der Waals surface area contributed by atoms with Crippen molar-refractivity contribution in [1.82, 2.24) is 4.90 Å². The van der Waals surface area contributed by atoms with Crippen molar-refractivity contribution in [2.45, 2.75) is 31.7 Å². The van der Waals surface area contributed by atoms with Crippen LogP contribution in [0.2, 0.25) is 0 Å².